The van der Waals surface area contributed by atoms with Crippen LogP contribution in [0.25, 0.3) is 0 Å². The van der Waals surface area contributed by atoms with Crippen molar-refractivity contribution in [2.45, 2.75) is 54.4 Å². The summed E-state index contributed by atoms with van der Waals surface area (Å²) in [5.41, 5.74) is 5.48. The summed E-state index contributed by atoms with van der Waals surface area (Å²) in [7, 11) is 0. The number of allylic oxidation sites excluding steroid dienone is 8. The molecule has 2 aliphatic carbocycles. The van der Waals surface area contributed by atoms with E-state index in [1.54, 1.807) is 0 Å². The molecule has 0 aromatic heterocycles. The molecule has 2 atom stereocenters. The molecule has 124 valence electrons. The molecule has 22 heavy (non-hydrogen) atoms. The Bertz CT molecular complexity index is 351. The minimum atomic E-state index is 0. The van der Waals surface area contributed by atoms with Crippen LogP contribution < -0.4 is 0 Å². The van der Waals surface area contributed by atoms with Gasteiger partial charge in [-0.25, -0.2) is 22.3 Å². The van der Waals surface area contributed by atoms with Crippen molar-refractivity contribution in [3.63, 3.8) is 0 Å². The zero-order chi connectivity index (χ0) is 15.7. The van der Waals surface area contributed by atoms with Crippen molar-refractivity contribution in [2.24, 2.45) is 11.8 Å². The van der Waals surface area contributed by atoms with Crippen LogP contribution in [0.15, 0.2) is 34.4 Å². The zero-order valence-corrected chi connectivity index (χ0v) is 19.2. The first kappa shape index (κ1) is 26.9. The average Bonchev–Trinajstić information content (AvgIpc) is 2.96. The van der Waals surface area contributed by atoms with Gasteiger partial charge in [0.1, 0.15) is 0 Å². The molecule has 0 amide bonds. The Morgan fingerprint density at radius 1 is 0.818 bits per heavy atom. The van der Waals surface area contributed by atoms with Gasteiger partial charge in [0.2, 0.25) is 0 Å². The fraction of sp³-hybridized carbons (Fsp3) is 0.500. The Labute approximate surface area is 157 Å². The van der Waals surface area contributed by atoms with Gasteiger partial charge in [-0.05, 0) is 0 Å². The first-order valence-corrected chi connectivity index (χ1v) is 11.5. The SMILES string of the molecule is CCC1[C-]=C(C)C(C)=C1.CCC1[C-]=C(C)C(C)=C1.[CH3-].[CH3-].[Si]=[Zr]. The summed E-state index contributed by atoms with van der Waals surface area (Å²) in [4.78, 5) is 0. The monoisotopic (exact) mass is 390 g/mol. The molecule has 0 saturated heterocycles. The van der Waals surface area contributed by atoms with Crippen LogP contribution >= 0.6 is 0 Å². The summed E-state index contributed by atoms with van der Waals surface area (Å²) < 4.78 is 0. The molecule has 2 rings (SSSR count). The fourth-order valence-corrected chi connectivity index (χ4v) is 2.16. The van der Waals surface area contributed by atoms with E-state index in [9.17, 15) is 0 Å². The summed E-state index contributed by atoms with van der Waals surface area (Å²) in [6, 6.07) is 0. The van der Waals surface area contributed by atoms with Gasteiger partial charge >= 0.3 is 30.2 Å². The average molecular weight is 392 g/mol. The van der Waals surface area contributed by atoms with Gasteiger partial charge in [0, 0.05) is 0 Å². The third-order valence-electron chi connectivity index (χ3n) is 3.77. The van der Waals surface area contributed by atoms with Crippen molar-refractivity contribution in [2.75, 3.05) is 0 Å². The van der Waals surface area contributed by atoms with Crippen molar-refractivity contribution in [3.8, 4) is 0 Å². The predicted octanol–water partition coefficient (Wildman–Crippen LogP) is 5.96. The summed E-state index contributed by atoms with van der Waals surface area (Å²) in [5.74, 6) is 1.20. The van der Waals surface area contributed by atoms with Crippen molar-refractivity contribution >= 4 is 6.88 Å². The van der Waals surface area contributed by atoms with Crippen LogP contribution in [0.5, 0.6) is 0 Å². The van der Waals surface area contributed by atoms with Gasteiger partial charge < -0.3 is 14.9 Å². The van der Waals surface area contributed by atoms with Crippen LogP contribution in [-0.2, 0) is 23.3 Å². The molecule has 0 bridgehead atoms. The Morgan fingerprint density at radius 3 is 1.18 bits per heavy atom. The van der Waals surface area contributed by atoms with Gasteiger partial charge in [0.05, 0.1) is 0 Å². The van der Waals surface area contributed by atoms with Crippen LogP contribution in [-0.4, -0.2) is 6.88 Å². The zero-order valence-electron chi connectivity index (χ0n) is 15.7. The first-order valence-electron chi connectivity index (χ1n) is 7.30. The van der Waals surface area contributed by atoms with Crippen molar-refractivity contribution < 1.29 is 23.3 Å². The van der Waals surface area contributed by atoms with Crippen molar-refractivity contribution in [3.05, 3.63) is 61.4 Å². The van der Waals surface area contributed by atoms with E-state index in [-0.39, 0.29) is 14.9 Å². The third kappa shape index (κ3) is 9.26. The second-order valence-corrected chi connectivity index (χ2v) is 5.27. The summed E-state index contributed by atoms with van der Waals surface area (Å²) in [5, 5.41) is 0. The Balaban J connectivity index is -0.000000273. The van der Waals surface area contributed by atoms with E-state index in [0.29, 0.717) is 11.8 Å². The number of hydrogen-bond donors (Lipinski definition) is 0. The van der Waals surface area contributed by atoms with E-state index < -0.39 is 0 Å². The quantitative estimate of drug-likeness (QED) is 0.402. The topological polar surface area (TPSA) is 0 Å². The second-order valence-electron chi connectivity index (χ2n) is 5.27. The second kappa shape index (κ2) is 14.6. The van der Waals surface area contributed by atoms with E-state index in [0.717, 1.165) is 0 Å². The third-order valence-corrected chi connectivity index (χ3v) is 3.77. The molecule has 0 fully saturated rings. The van der Waals surface area contributed by atoms with Gasteiger partial charge in [-0.3, -0.25) is 12.2 Å². The standard InChI is InChI=1S/2C9H13.2CH3.Si.Zr/c2*1-4-9-5-7(2)8(3)6-9;;;;/h2*5,9H,4H2,1-3H3;2*1H3;;/q4*-1;;. The van der Waals surface area contributed by atoms with E-state index in [1.165, 1.54) is 58.5 Å². The van der Waals surface area contributed by atoms with Crippen LogP contribution in [0, 0.1) is 38.8 Å². The normalized spacial score (nSPS) is 21.3. The molecule has 2 radical (unpaired) electrons. The number of rotatable bonds is 2. The van der Waals surface area contributed by atoms with Crippen LogP contribution in [0.4, 0.5) is 0 Å². The minimum absolute atomic E-state index is 0. The maximum absolute atomic E-state index is 3.38. The molecule has 2 aliphatic rings. The van der Waals surface area contributed by atoms with Gasteiger partial charge in [0.25, 0.3) is 0 Å². The van der Waals surface area contributed by atoms with Gasteiger partial charge in [0.15, 0.2) is 0 Å². The van der Waals surface area contributed by atoms with E-state index in [4.69, 9.17) is 0 Å². The maximum atomic E-state index is 3.38. The van der Waals surface area contributed by atoms with E-state index >= 15 is 0 Å². The molecule has 2 unspecified atom stereocenters. The van der Waals surface area contributed by atoms with Gasteiger partial charge in [-0.2, -0.15) is 12.2 Å². The fourth-order valence-electron chi connectivity index (χ4n) is 2.16. The molecule has 0 aromatic rings. The van der Waals surface area contributed by atoms with Gasteiger partial charge in [-0.15, -0.1) is 13.8 Å². The van der Waals surface area contributed by atoms with E-state index in [1.807, 2.05) is 0 Å². The van der Waals surface area contributed by atoms with Crippen molar-refractivity contribution in [1.82, 2.24) is 0 Å². The van der Waals surface area contributed by atoms with E-state index in [2.05, 4.69) is 72.7 Å². The molecule has 0 N–H and O–H groups in total. The number of hydrogen-bond acceptors (Lipinski definition) is 0. The molecule has 0 heterocycles. The Morgan fingerprint density at radius 2 is 1.09 bits per heavy atom. The van der Waals surface area contributed by atoms with Gasteiger partial charge in [-0.1, -0.05) is 52.4 Å². The molecule has 0 spiro atoms. The van der Waals surface area contributed by atoms with Crippen LogP contribution in [0.3, 0.4) is 0 Å². The first-order chi connectivity index (χ1) is 9.47. The molecule has 0 aromatic carbocycles. The Kier molecular flexibility index (Phi) is 17.9. The molecule has 2 heteroatoms. The molecule has 0 nitrogen and oxygen atoms in total. The molecular weight excluding hydrogens is 360 g/mol. The molecule has 0 saturated carbocycles. The Hall–Kier alpha value is 0.0600. The summed E-state index contributed by atoms with van der Waals surface area (Å²) in [6.07, 6.45) is 13.7. The summed E-state index contributed by atoms with van der Waals surface area (Å²) in [6.45, 7) is 16.0. The van der Waals surface area contributed by atoms with Crippen LogP contribution in [0.2, 0.25) is 0 Å². The van der Waals surface area contributed by atoms with Crippen LogP contribution in [0.1, 0.15) is 54.4 Å². The summed E-state index contributed by atoms with van der Waals surface area (Å²) >= 11 is 1.36. The molecule has 0 aliphatic heterocycles. The molecular formula is C20H32SiZr-4. The van der Waals surface area contributed by atoms with Crippen molar-refractivity contribution in [1.29, 1.82) is 0 Å². The predicted molar refractivity (Wildman–Crippen MR) is 98.5 cm³/mol.